The van der Waals surface area contributed by atoms with E-state index in [1.165, 1.54) is 32.8 Å². The molecule has 24 heavy (non-hydrogen) atoms. The molecule has 2 aromatic rings. The lowest BCUT2D eigenvalue weighted by Crippen LogP contribution is -2.03. The van der Waals surface area contributed by atoms with Gasteiger partial charge in [0.1, 0.15) is 11.5 Å². The van der Waals surface area contributed by atoms with E-state index in [9.17, 15) is 0 Å². The summed E-state index contributed by atoms with van der Waals surface area (Å²) in [5.74, 6) is 3.12. The van der Waals surface area contributed by atoms with Crippen LogP contribution in [0, 0.1) is 11.8 Å². The molecule has 7 nitrogen and oxygen atoms in total. The third kappa shape index (κ3) is 2.86. The number of rotatable bonds is 6. The molecule has 0 bridgehead atoms. The van der Waals surface area contributed by atoms with E-state index >= 15 is 0 Å². The second kappa shape index (κ2) is 5.89. The number of hydrogen-bond acceptors (Lipinski definition) is 7. The van der Waals surface area contributed by atoms with E-state index in [0.29, 0.717) is 28.9 Å². The van der Waals surface area contributed by atoms with Gasteiger partial charge in [-0.2, -0.15) is 4.98 Å². The molecule has 0 saturated heterocycles. The molecule has 2 aliphatic rings. The highest BCUT2D eigenvalue weighted by Crippen LogP contribution is 2.55. The summed E-state index contributed by atoms with van der Waals surface area (Å²) in [4.78, 5) is 8.35. The maximum atomic E-state index is 6.08. The lowest BCUT2D eigenvalue weighted by molar-refractivity contribution is 0.353. The fraction of sp³-hybridized carbons (Fsp3) is 0.529. The number of anilines is 1. The van der Waals surface area contributed by atoms with Crippen molar-refractivity contribution in [2.45, 2.75) is 31.6 Å². The average molecular weight is 327 g/mol. The molecule has 2 N–H and O–H groups in total. The highest BCUT2D eigenvalue weighted by atomic mass is 16.5. The normalized spacial score (nSPS) is 22.2. The molecule has 2 fully saturated rings. The van der Waals surface area contributed by atoms with E-state index < -0.39 is 0 Å². The predicted octanol–water partition coefficient (Wildman–Crippen LogP) is 2.44. The fourth-order valence-electron chi connectivity index (χ4n) is 3.30. The van der Waals surface area contributed by atoms with Crippen molar-refractivity contribution in [2.24, 2.45) is 11.8 Å². The van der Waals surface area contributed by atoms with Gasteiger partial charge in [-0.3, -0.25) is 0 Å². The molecule has 2 heterocycles. The monoisotopic (exact) mass is 327 g/mol. The Labute approximate surface area is 140 Å². The first-order chi connectivity index (χ1) is 11.7. The van der Waals surface area contributed by atoms with Gasteiger partial charge in [0.05, 0.1) is 19.8 Å². The molecule has 0 amide bonds. The number of nitrogen functional groups attached to an aromatic ring is 1. The van der Waals surface area contributed by atoms with Crippen LogP contribution in [-0.4, -0.2) is 34.4 Å². The van der Waals surface area contributed by atoms with Crippen molar-refractivity contribution in [1.29, 1.82) is 0 Å². The minimum atomic E-state index is 0.255. The Morgan fingerprint density at radius 3 is 2.75 bits per heavy atom. The van der Waals surface area contributed by atoms with E-state index in [-0.39, 0.29) is 6.01 Å². The zero-order chi connectivity index (χ0) is 16.7. The first kappa shape index (κ1) is 15.1. The third-order valence-corrected chi connectivity index (χ3v) is 4.89. The molecule has 2 atom stereocenters. The summed E-state index contributed by atoms with van der Waals surface area (Å²) < 4.78 is 10.4. The van der Waals surface area contributed by atoms with Gasteiger partial charge in [-0.1, -0.05) is 12.8 Å². The van der Waals surface area contributed by atoms with Gasteiger partial charge in [-0.15, -0.1) is 10.2 Å². The first-order valence-corrected chi connectivity index (χ1v) is 8.28. The summed E-state index contributed by atoms with van der Waals surface area (Å²) in [6.45, 7) is 0. The molecular weight excluding hydrogens is 306 g/mol. The predicted molar refractivity (Wildman–Crippen MR) is 88.8 cm³/mol. The van der Waals surface area contributed by atoms with Gasteiger partial charge in [0, 0.05) is 11.8 Å². The van der Waals surface area contributed by atoms with E-state index in [4.69, 9.17) is 15.2 Å². The van der Waals surface area contributed by atoms with Crippen molar-refractivity contribution in [3.05, 3.63) is 17.8 Å². The third-order valence-electron chi connectivity index (χ3n) is 4.89. The van der Waals surface area contributed by atoms with Gasteiger partial charge in [0.25, 0.3) is 0 Å². The van der Waals surface area contributed by atoms with Gasteiger partial charge in [0.15, 0.2) is 0 Å². The smallest absolute Gasteiger partial charge is 0.319 e. The molecule has 2 aromatic heterocycles. The van der Waals surface area contributed by atoms with Gasteiger partial charge < -0.3 is 15.2 Å². The molecule has 2 saturated carbocycles. The quantitative estimate of drug-likeness (QED) is 0.870. The van der Waals surface area contributed by atoms with E-state index in [1.807, 2.05) is 6.07 Å². The summed E-state index contributed by atoms with van der Waals surface area (Å²) in [7, 11) is 3.08. The van der Waals surface area contributed by atoms with Crippen LogP contribution in [0.1, 0.15) is 37.2 Å². The Balaban J connectivity index is 1.63. The van der Waals surface area contributed by atoms with Crippen LogP contribution in [-0.2, 0) is 0 Å². The number of nitrogens with zero attached hydrogens (tertiary/aromatic N) is 4. The molecule has 0 aromatic carbocycles. The molecular formula is C17H21N5O2. The SMILES string of the molecule is COc1ncc(-c2cc(C3CC3CC3CC3)c(N)nn2)c(OC)n1. The zero-order valence-corrected chi connectivity index (χ0v) is 13.9. The van der Waals surface area contributed by atoms with Gasteiger partial charge in [0.2, 0.25) is 5.88 Å². The standard InChI is InChI=1S/C17H21N5O2/c1-23-16-13(8-19-17(20-16)24-2)14-7-12(15(18)22-21-14)11-6-10(11)5-9-3-4-9/h7-11H,3-6H2,1-2H3,(H2,18,22). The number of hydrogen-bond donors (Lipinski definition) is 1. The van der Waals surface area contributed by atoms with Crippen molar-refractivity contribution in [3.8, 4) is 23.1 Å². The molecule has 0 spiro atoms. The van der Waals surface area contributed by atoms with Gasteiger partial charge in [-0.05, 0) is 36.7 Å². The number of aromatic nitrogens is 4. The average Bonchev–Trinajstić information content (AvgIpc) is 3.53. The summed E-state index contributed by atoms with van der Waals surface area (Å²) in [6, 6.07) is 2.26. The lowest BCUT2D eigenvalue weighted by atomic mass is 10.1. The highest BCUT2D eigenvalue weighted by Gasteiger charge is 2.43. The van der Waals surface area contributed by atoms with Crippen LogP contribution in [0.15, 0.2) is 12.3 Å². The highest BCUT2D eigenvalue weighted by molar-refractivity contribution is 5.66. The Kier molecular flexibility index (Phi) is 3.70. The molecule has 4 rings (SSSR count). The van der Waals surface area contributed by atoms with Crippen LogP contribution in [0.3, 0.4) is 0 Å². The molecule has 7 heteroatoms. The van der Waals surface area contributed by atoms with Crippen molar-refractivity contribution in [1.82, 2.24) is 20.2 Å². The Morgan fingerprint density at radius 1 is 1.21 bits per heavy atom. The summed E-state index contributed by atoms with van der Waals surface area (Å²) >= 11 is 0. The van der Waals surface area contributed by atoms with Gasteiger partial charge in [-0.25, -0.2) is 4.98 Å². The second-order valence-corrected chi connectivity index (χ2v) is 6.63. The largest absolute Gasteiger partial charge is 0.480 e. The first-order valence-electron chi connectivity index (χ1n) is 8.28. The number of nitrogens with two attached hydrogens (primary N) is 1. The van der Waals surface area contributed by atoms with Crippen LogP contribution in [0.2, 0.25) is 0 Å². The van der Waals surface area contributed by atoms with Crippen LogP contribution in [0.5, 0.6) is 11.9 Å². The van der Waals surface area contributed by atoms with Crippen LogP contribution >= 0.6 is 0 Å². The minimum Gasteiger partial charge on any atom is -0.480 e. The number of ether oxygens (including phenoxy) is 2. The van der Waals surface area contributed by atoms with Crippen molar-refractivity contribution < 1.29 is 9.47 Å². The topological polar surface area (TPSA) is 96.0 Å². The van der Waals surface area contributed by atoms with E-state index in [2.05, 4.69) is 20.2 Å². The van der Waals surface area contributed by atoms with Crippen LogP contribution < -0.4 is 15.2 Å². The van der Waals surface area contributed by atoms with Gasteiger partial charge >= 0.3 is 6.01 Å². The minimum absolute atomic E-state index is 0.255. The fourth-order valence-corrected chi connectivity index (χ4v) is 3.30. The maximum absolute atomic E-state index is 6.08. The summed E-state index contributed by atoms with van der Waals surface area (Å²) in [5, 5.41) is 8.36. The van der Waals surface area contributed by atoms with Crippen LogP contribution in [0.25, 0.3) is 11.3 Å². The van der Waals surface area contributed by atoms with E-state index in [1.54, 1.807) is 13.3 Å². The summed E-state index contributed by atoms with van der Waals surface area (Å²) in [5.41, 5.74) is 8.53. The Bertz CT molecular complexity index is 763. The number of methoxy groups -OCH3 is 2. The molecule has 0 aliphatic heterocycles. The van der Waals surface area contributed by atoms with Crippen LogP contribution in [0.4, 0.5) is 5.82 Å². The molecule has 126 valence electrons. The Hall–Kier alpha value is -2.44. The maximum Gasteiger partial charge on any atom is 0.319 e. The van der Waals surface area contributed by atoms with Crippen molar-refractivity contribution in [3.63, 3.8) is 0 Å². The van der Waals surface area contributed by atoms with Crippen molar-refractivity contribution >= 4 is 5.82 Å². The zero-order valence-electron chi connectivity index (χ0n) is 13.9. The molecule has 0 radical (unpaired) electrons. The molecule has 2 unspecified atom stereocenters. The van der Waals surface area contributed by atoms with E-state index in [0.717, 1.165) is 17.4 Å². The molecule has 2 aliphatic carbocycles. The van der Waals surface area contributed by atoms with Crippen molar-refractivity contribution in [2.75, 3.05) is 20.0 Å². The lowest BCUT2D eigenvalue weighted by Gasteiger charge is -2.10. The Morgan fingerprint density at radius 2 is 2.04 bits per heavy atom. The summed E-state index contributed by atoms with van der Waals surface area (Å²) in [6.07, 6.45) is 6.93. The second-order valence-electron chi connectivity index (χ2n) is 6.63.